The molecule has 0 radical (unpaired) electrons. The van der Waals surface area contributed by atoms with Crippen LogP contribution in [0.1, 0.15) is 15.9 Å². The molecule has 37 heavy (non-hydrogen) atoms. The average Bonchev–Trinajstić information content (AvgIpc) is 2.90. The maximum Gasteiger partial charge on any atom is 0.431 e. The van der Waals surface area contributed by atoms with Crippen molar-refractivity contribution in [3.05, 3.63) is 83.8 Å². The van der Waals surface area contributed by atoms with E-state index >= 15 is 0 Å². The number of carbonyl (C=O) groups is 1. The van der Waals surface area contributed by atoms with Crippen molar-refractivity contribution in [3.8, 4) is 0 Å². The molecule has 0 unspecified atom stereocenters. The van der Waals surface area contributed by atoms with Crippen molar-refractivity contribution in [2.24, 2.45) is 0 Å². The monoisotopic (exact) mass is 510 g/mol. The number of piperazine rings is 1. The fourth-order valence-electron chi connectivity index (χ4n) is 3.64. The van der Waals surface area contributed by atoms with E-state index in [4.69, 9.17) is 5.41 Å². The van der Waals surface area contributed by atoms with Crippen molar-refractivity contribution in [1.29, 1.82) is 5.41 Å². The lowest BCUT2D eigenvalue weighted by atomic mass is 10.1. The Morgan fingerprint density at radius 1 is 0.973 bits per heavy atom. The molecule has 0 bridgehead atoms. The summed E-state index contributed by atoms with van der Waals surface area (Å²) >= 11 is 0. The number of carbonyl (C=O) groups excluding carboxylic acids is 1. The zero-order valence-electron chi connectivity index (χ0n) is 20.0. The molecule has 1 amide bonds. The van der Waals surface area contributed by atoms with Gasteiger partial charge in [-0.15, -0.1) is 10.2 Å². The van der Waals surface area contributed by atoms with Gasteiger partial charge in [0.15, 0.2) is 11.6 Å². The van der Waals surface area contributed by atoms with E-state index < -0.39 is 17.8 Å². The molecule has 1 aliphatic rings. The number of likely N-dealkylation sites (N-methyl/N-ethyl adjacent to an activating group) is 1. The Labute approximate surface area is 211 Å². The van der Waals surface area contributed by atoms with Crippen LogP contribution >= 0.6 is 0 Å². The van der Waals surface area contributed by atoms with Crippen molar-refractivity contribution in [2.75, 3.05) is 48.8 Å². The molecule has 3 aromatic rings. The van der Waals surface area contributed by atoms with Crippen molar-refractivity contribution >= 4 is 28.9 Å². The Hall–Kier alpha value is -4.32. The summed E-state index contributed by atoms with van der Waals surface area (Å²) < 4.78 is 40.7. The highest BCUT2D eigenvalue weighted by Gasteiger charge is 2.34. The van der Waals surface area contributed by atoms with E-state index in [-0.39, 0.29) is 22.9 Å². The Kier molecular flexibility index (Phi) is 7.77. The largest absolute Gasteiger partial charge is 0.431 e. The van der Waals surface area contributed by atoms with Crippen LogP contribution in [0.25, 0.3) is 0 Å². The van der Waals surface area contributed by atoms with Gasteiger partial charge in [0.25, 0.3) is 5.91 Å². The minimum atomic E-state index is -4.77. The number of nitrogens with zero attached hydrogens (tertiary/aromatic N) is 5. The van der Waals surface area contributed by atoms with E-state index in [1.54, 1.807) is 18.2 Å². The molecule has 0 aliphatic carbocycles. The second-order valence-electron chi connectivity index (χ2n) is 8.43. The Morgan fingerprint density at radius 3 is 2.27 bits per heavy atom. The van der Waals surface area contributed by atoms with Crippen LogP contribution in [0, 0.1) is 5.41 Å². The van der Waals surface area contributed by atoms with E-state index in [1.807, 2.05) is 6.07 Å². The number of nitrogens with one attached hydrogen (secondary N) is 3. The molecule has 3 heterocycles. The molecule has 0 saturated carbocycles. The van der Waals surface area contributed by atoms with Crippen molar-refractivity contribution < 1.29 is 18.0 Å². The Morgan fingerprint density at radius 2 is 1.65 bits per heavy atom. The van der Waals surface area contributed by atoms with Crippen molar-refractivity contribution in [1.82, 2.24) is 20.1 Å². The van der Waals surface area contributed by atoms with Crippen LogP contribution in [0.4, 0.5) is 30.5 Å². The molecule has 0 spiro atoms. The SMILES string of the molecule is CN1CCN(c2cccc(C(=O)Nc3ccc(N/C(=C\C(=N)c4cccnc4)C(F)(F)F)nn3)c2)CC1. The van der Waals surface area contributed by atoms with Gasteiger partial charge in [-0.3, -0.25) is 9.78 Å². The van der Waals surface area contributed by atoms with Gasteiger partial charge in [0.1, 0.15) is 5.70 Å². The van der Waals surface area contributed by atoms with Gasteiger partial charge in [-0.25, -0.2) is 0 Å². The Bertz CT molecular complexity index is 1270. The van der Waals surface area contributed by atoms with Gasteiger partial charge < -0.3 is 25.8 Å². The van der Waals surface area contributed by atoms with Crippen molar-refractivity contribution in [3.63, 3.8) is 0 Å². The van der Waals surface area contributed by atoms with Crippen LogP contribution in [-0.4, -0.2) is 71.1 Å². The number of pyridine rings is 1. The zero-order valence-corrected chi connectivity index (χ0v) is 20.0. The molecule has 1 saturated heterocycles. The zero-order chi connectivity index (χ0) is 26.4. The average molecular weight is 511 g/mol. The number of aromatic nitrogens is 3. The van der Waals surface area contributed by atoms with Gasteiger partial charge in [0, 0.05) is 55.4 Å². The minimum absolute atomic E-state index is 0.0844. The van der Waals surface area contributed by atoms with E-state index in [1.165, 1.54) is 36.7 Å². The molecule has 192 valence electrons. The molecule has 9 nitrogen and oxygen atoms in total. The molecule has 12 heteroatoms. The molecule has 3 N–H and O–H groups in total. The molecule has 4 rings (SSSR count). The van der Waals surface area contributed by atoms with Gasteiger partial charge in [0.05, 0.1) is 5.71 Å². The van der Waals surface area contributed by atoms with Crippen LogP contribution < -0.4 is 15.5 Å². The number of allylic oxidation sites excluding steroid dienone is 2. The summed E-state index contributed by atoms with van der Waals surface area (Å²) in [6, 6.07) is 12.8. The topological polar surface area (TPSA) is 110 Å². The summed E-state index contributed by atoms with van der Waals surface area (Å²) in [5.41, 5.74) is 0.0370. The minimum Gasteiger partial charge on any atom is -0.369 e. The number of amides is 1. The second kappa shape index (κ2) is 11.2. The van der Waals surface area contributed by atoms with E-state index in [9.17, 15) is 18.0 Å². The number of halogens is 3. The first kappa shape index (κ1) is 25.8. The normalized spacial score (nSPS) is 14.8. The molecule has 0 atom stereocenters. The van der Waals surface area contributed by atoms with Gasteiger partial charge in [-0.2, -0.15) is 13.2 Å². The third-order valence-electron chi connectivity index (χ3n) is 5.71. The summed E-state index contributed by atoms with van der Waals surface area (Å²) in [6.07, 6.45) is -1.35. The highest BCUT2D eigenvalue weighted by Crippen LogP contribution is 2.27. The maximum atomic E-state index is 13.6. The predicted molar refractivity (Wildman–Crippen MR) is 135 cm³/mol. The summed E-state index contributed by atoms with van der Waals surface area (Å²) in [5.74, 6) is -0.523. The summed E-state index contributed by atoms with van der Waals surface area (Å²) in [4.78, 5) is 21.0. The fraction of sp³-hybridized carbons (Fsp3) is 0.240. The first-order valence-corrected chi connectivity index (χ1v) is 11.4. The van der Waals surface area contributed by atoms with Crippen LogP contribution in [0.3, 0.4) is 0 Å². The number of hydrogen-bond donors (Lipinski definition) is 3. The summed E-state index contributed by atoms with van der Waals surface area (Å²) in [6.45, 7) is 3.58. The number of rotatable bonds is 7. The summed E-state index contributed by atoms with van der Waals surface area (Å²) in [5, 5.41) is 20.3. The first-order chi connectivity index (χ1) is 17.7. The van der Waals surface area contributed by atoms with Gasteiger partial charge in [-0.05, 0) is 55.6 Å². The van der Waals surface area contributed by atoms with Gasteiger partial charge in [-0.1, -0.05) is 6.07 Å². The Balaban J connectivity index is 1.42. The number of benzene rings is 1. The standard InChI is InChI=1S/C25H25F3N8O/c1-35-10-12-36(13-11-35)19-6-2-4-17(14-19)24(37)32-23-8-7-22(33-34-23)31-21(25(26,27)28)15-20(29)18-5-3-9-30-16-18/h2-9,14-16,29H,10-13H2,1H3,(H,31,33)(H,32,34,37)/b21-15-,29-20?. The third kappa shape index (κ3) is 6.88. The predicted octanol–water partition coefficient (Wildman–Crippen LogP) is 3.80. The molecule has 1 fully saturated rings. The van der Waals surface area contributed by atoms with Crippen LogP contribution in [0.15, 0.2) is 72.7 Å². The number of hydrogen-bond acceptors (Lipinski definition) is 8. The lowest BCUT2D eigenvalue weighted by molar-refractivity contribution is -0.0901. The number of alkyl halides is 3. The summed E-state index contributed by atoms with van der Waals surface area (Å²) in [7, 11) is 2.07. The van der Waals surface area contributed by atoms with Crippen LogP contribution in [0.2, 0.25) is 0 Å². The molecular weight excluding hydrogens is 485 g/mol. The van der Waals surface area contributed by atoms with Gasteiger partial charge in [0.2, 0.25) is 0 Å². The lowest BCUT2D eigenvalue weighted by Crippen LogP contribution is -2.44. The smallest absolute Gasteiger partial charge is 0.369 e. The van der Waals surface area contributed by atoms with Crippen LogP contribution in [-0.2, 0) is 0 Å². The third-order valence-corrected chi connectivity index (χ3v) is 5.71. The highest BCUT2D eigenvalue weighted by atomic mass is 19.4. The van der Waals surface area contributed by atoms with E-state index in [2.05, 4.69) is 42.7 Å². The number of anilines is 3. The van der Waals surface area contributed by atoms with Gasteiger partial charge >= 0.3 is 6.18 Å². The van der Waals surface area contributed by atoms with Crippen molar-refractivity contribution in [2.45, 2.75) is 6.18 Å². The first-order valence-electron chi connectivity index (χ1n) is 11.4. The molecule has 1 aliphatic heterocycles. The maximum absolute atomic E-state index is 13.6. The lowest BCUT2D eigenvalue weighted by Gasteiger charge is -2.34. The highest BCUT2D eigenvalue weighted by molar-refractivity contribution is 6.07. The molecule has 2 aromatic heterocycles. The van der Waals surface area contributed by atoms with E-state index in [0.29, 0.717) is 11.6 Å². The molecule has 1 aromatic carbocycles. The molecular formula is C25H25F3N8O. The van der Waals surface area contributed by atoms with Crippen LogP contribution in [0.5, 0.6) is 0 Å². The van der Waals surface area contributed by atoms with E-state index in [0.717, 1.165) is 31.9 Å². The second-order valence-corrected chi connectivity index (χ2v) is 8.43. The quantitative estimate of drug-likeness (QED) is 0.415. The fourth-order valence-corrected chi connectivity index (χ4v) is 3.64.